The summed E-state index contributed by atoms with van der Waals surface area (Å²) in [6.45, 7) is 2.57. The Balaban J connectivity index is 1.87. The summed E-state index contributed by atoms with van der Waals surface area (Å²) in [6.07, 6.45) is 0.288. The van der Waals surface area contributed by atoms with Gasteiger partial charge in [0.1, 0.15) is 0 Å². The number of hydrogen-bond acceptors (Lipinski definition) is 4. The summed E-state index contributed by atoms with van der Waals surface area (Å²) in [5.41, 5.74) is 1.89. The number of amides is 1. The minimum atomic E-state index is -0.481. The van der Waals surface area contributed by atoms with E-state index in [0.29, 0.717) is 22.8 Å². The quantitative estimate of drug-likeness (QED) is 0.737. The Bertz CT molecular complexity index is 735. The number of methoxy groups -OCH3 is 1. The maximum Gasteiger partial charge on any atom is 0.337 e. The van der Waals surface area contributed by atoms with Gasteiger partial charge in [-0.25, -0.2) is 4.79 Å². The molecule has 0 spiro atoms. The normalized spacial score (nSPS) is 11.6. The molecule has 2 N–H and O–H groups in total. The number of nitrogens with one attached hydrogen (secondary N) is 2. The predicted molar refractivity (Wildman–Crippen MR) is 98.9 cm³/mol. The van der Waals surface area contributed by atoms with E-state index in [2.05, 4.69) is 15.4 Å². The van der Waals surface area contributed by atoms with Crippen molar-refractivity contribution in [2.45, 2.75) is 19.4 Å². The first-order valence-corrected chi connectivity index (χ1v) is 8.35. The molecule has 132 valence electrons. The summed E-state index contributed by atoms with van der Waals surface area (Å²) < 4.78 is 4.66. The van der Waals surface area contributed by atoms with E-state index in [-0.39, 0.29) is 18.4 Å². The maximum absolute atomic E-state index is 12.1. The van der Waals surface area contributed by atoms with Gasteiger partial charge < -0.3 is 15.4 Å². The van der Waals surface area contributed by atoms with Crippen LogP contribution in [-0.4, -0.2) is 25.5 Å². The van der Waals surface area contributed by atoms with E-state index >= 15 is 0 Å². The predicted octanol–water partition coefficient (Wildman–Crippen LogP) is 3.81. The summed E-state index contributed by atoms with van der Waals surface area (Å²) in [7, 11) is 1.30. The molecule has 0 heterocycles. The van der Waals surface area contributed by atoms with Gasteiger partial charge in [0, 0.05) is 19.0 Å². The molecule has 5 nitrogen and oxygen atoms in total. The van der Waals surface area contributed by atoms with Gasteiger partial charge >= 0.3 is 5.97 Å². The van der Waals surface area contributed by atoms with Crippen LogP contribution in [0.15, 0.2) is 48.5 Å². The number of benzene rings is 2. The van der Waals surface area contributed by atoms with Crippen molar-refractivity contribution in [1.82, 2.24) is 5.32 Å². The number of hydrogen-bond donors (Lipinski definition) is 2. The monoisotopic (exact) mass is 360 g/mol. The van der Waals surface area contributed by atoms with Gasteiger partial charge in [-0.2, -0.15) is 0 Å². The molecule has 2 aromatic rings. The summed E-state index contributed by atoms with van der Waals surface area (Å²) in [5, 5.41) is 6.39. The van der Waals surface area contributed by atoms with E-state index < -0.39 is 5.97 Å². The summed E-state index contributed by atoms with van der Waals surface area (Å²) in [6, 6.07) is 14.8. The number of halogens is 1. The molecule has 1 unspecified atom stereocenters. The molecule has 2 aromatic carbocycles. The van der Waals surface area contributed by atoms with Crippen molar-refractivity contribution in [3.8, 4) is 0 Å². The molecule has 2 rings (SSSR count). The lowest BCUT2D eigenvalue weighted by atomic mass is 10.1. The number of anilines is 1. The highest BCUT2D eigenvalue weighted by atomic mass is 35.5. The Morgan fingerprint density at radius 2 is 1.88 bits per heavy atom. The minimum Gasteiger partial charge on any atom is -0.465 e. The summed E-state index contributed by atoms with van der Waals surface area (Å²) >= 11 is 6.07. The van der Waals surface area contributed by atoms with Gasteiger partial charge in [-0.05, 0) is 30.7 Å². The van der Waals surface area contributed by atoms with E-state index in [9.17, 15) is 9.59 Å². The van der Waals surface area contributed by atoms with E-state index in [0.717, 1.165) is 5.56 Å². The number of carbonyl (C=O) groups is 2. The fourth-order valence-corrected chi connectivity index (χ4v) is 2.51. The van der Waals surface area contributed by atoms with Crippen LogP contribution in [-0.2, 0) is 9.53 Å². The Hall–Kier alpha value is -2.37. The zero-order valence-electron chi connectivity index (χ0n) is 14.2. The van der Waals surface area contributed by atoms with E-state index in [1.807, 2.05) is 37.3 Å². The number of esters is 1. The van der Waals surface area contributed by atoms with Gasteiger partial charge in [0.2, 0.25) is 5.91 Å². The van der Waals surface area contributed by atoms with Crippen LogP contribution in [0.3, 0.4) is 0 Å². The van der Waals surface area contributed by atoms with Gasteiger partial charge in [-0.1, -0.05) is 41.9 Å². The third-order valence-corrected chi connectivity index (χ3v) is 4.09. The van der Waals surface area contributed by atoms with Crippen molar-refractivity contribution < 1.29 is 14.3 Å². The van der Waals surface area contributed by atoms with Crippen LogP contribution in [0, 0.1) is 0 Å². The largest absolute Gasteiger partial charge is 0.465 e. The SMILES string of the molecule is COC(=O)c1ccc(Cl)c(NC(=O)CCNC(C)c2ccccc2)c1. The molecule has 6 heteroatoms. The van der Waals surface area contributed by atoms with Gasteiger partial charge in [0.15, 0.2) is 0 Å². The highest BCUT2D eigenvalue weighted by Gasteiger charge is 2.12. The lowest BCUT2D eigenvalue weighted by molar-refractivity contribution is -0.116. The van der Waals surface area contributed by atoms with Gasteiger partial charge in [-0.3, -0.25) is 4.79 Å². The standard InChI is InChI=1S/C19H21ClN2O3/c1-13(14-6-4-3-5-7-14)21-11-10-18(23)22-17-12-15(19(24)25-2)8-9-16(17)20/h3-9,12-13,21H,10-11H2,1-2H3,(H,22,23). The van der Waals surface area contributed by atoms with Crippen molar-refractivity contribution >= 4 is 29.2 Å². The fraction of sp³-hybridized carbons (Fsp3) is 0.263. The molecule has 0 bridgehead atoms. The highest BCUT2D eigenvalue weighted by molar-refractivity contribution is 6.33. The smallest absolute Gasteiger partial charge is 0.337 e. The molecule has 0 saturated carbocycles. The third-order valence-electron chi connectivity index (χ3n) is 3.76. The average molecular weight is 361 g/mol. The molecule has 1 amide bonds. The van der Waals surface area contributed by atoms with Crippen molar-refractivity contribution in [1.29, 1.82) is 0 Å². The molecule has 0 aliphatic carbocycles. The van der Waals surface area contributed by atoms with Crippen LogP contribution < -0.4 is 10.6 Å². The summed E-state index contributed by atoms with van der Waals surface area (Å²) in [4.78, 5) is 23.7. The Morgan fingerprint density at radius 1 is 1.16 bits per heavy atom. The van der Waals surface area contributed by atoms with Crippen LogP contribution >= 0.6 is 11.6 Å². The Labute approximate surface area is 152 Å². The average Bonchev–Trinajstić information content (AvgIpc) is 2.63. The highest BCUT2D eigenvalue weighted by Crippen LogP contribution is 2.23. The molecular weight excluding hydrogens is 340 g/mol. The van der Waals surface area contributed by atoms with Gasteiger partial charge in [0.25, 0.3) is 0 Å². The minimum absolute atomic E-state index is 0.153. The molecule has 0 aromatic heterocycles. The number of ether oxygens (including phenoxy) is 1. The second-order valence-corrected chi connectivity index (χ2v) is 5.98. The molecule has 0 aliphatic rings. The van der Waals surface area contributed by atoms with Crippen LogP contribution in [0.25, 0.3) is 0 Å². The summed E-state index contributed by atoms with van der Waals surface area (Å²) in [5.74, 6) is -0.665. The van der Waals surface area contributed by atoms with Crippen LogP contribution in [0.2, 0.25) is 5.02 Å². The first kappa shape index (κ1) is 19.0. The van der Waals surface area contributed by atoms with Crippen molar-refractivity contribution in [3.63, 3.8) is 0 Å². The maximum atomic E-state index is 12.1. The molecule has 0 aliphatic heterocycles. The van der Waals surface area contributed by atoms with E-state index in [1.165, 1.54) is 13.2 Å². The molecule has 0 saturated heterocycles. The topological polar surface area (TPSA) is 67.4 Å². The van der Waals surface area contributed by atoms with Crippen molar-refractivity contribution in [2.24, 2.45) is 0 Å². The van der Waals surface area contributed by atoms with Crippen LogP contribution in [0.4, 0.5) is 5.69 Å². The van der Waals surface area contributed by atoms with Crippen molar-refractivity contribution in [2.75, 3.05) is 19.0 Å². The zero-order valence-corrected chi connectivity index (χ0v) is 15.0. The second kappa shape index (κ2) is 9.20. The van der Waals surface area contributed by atoms with Gasteiger partial charge in [0.05, 0.1) is 23.4 Å². The lowest BCUT2D eigenvalue weighted by Crippen LogP contribution is -2.24. The van der Waals surface area contributed by atoms with E-state index in [4.69, 9.17) is 11.6 Å². The Kier molecular flexibility index (Phi) is 6.98. The first-order chi connectivity index (χ1) is 12.0. The number of rotatable bonds is 7. The first-order valence-electron chi connectivity index (χ1n) is 7.97. The third kappa shape index (κ3) is 5.59. The molecule has 0 fully saturated rings. The lowest BCUT2D eigenvalue weighted by Gasteiger charge is -2.14. The second-order valence-electron chi connectivity index (χ2n) is 5.57. The van der Waals surface area contributed by atoms with Crippen LogP contribution in [0.1, 0.15) is 35.3 Å². The fourth-order valence-electron chi connectivity index (χ4n) is 2.34. The molecular formula is C19H21ClN2O3. The molecule has 0 radical (unpaired) electrons. The van der Waals surface area contributed by atoms with E-state index in [1.54, 1.807) is 12.1 Å². The molecule has 1 atom stereocenters. The van der Waals surface area contributed by atoms with Gasteiger partial charge in [-0.15, -0.1) is 0 Å². The van der Waals surface area contributed by atoms with Crippen molar-refractivity contribution in [3.05, 3.63) is 64.7 Å². The molecule has 25 heavy (non-hydrogen) atoms. The zero-order chi connectivity index (χ0) is 18.2. The Morgan fingerprint density at radius 3 is 2.56 bits per heavy atom. The van der Waals surface area contributed by atoms with Crippen LogP contribution in [0.5, 0.6) is 0 Å². The number of carbonyl (C=O) groups excluding carboxylic acids is 2.